The minimum Gasteiger partial charge on any atom is -0.456 e. The minimum atomic E-state index is -0.328. The topological polar surface area (TPSA) is 47.1 Å². The number of para-hydroxylation sites is 3. The van der Waals surface area contributed by atoms with Gasteiger partial charge in [0.05, 0.1) is 28.5 Å². The molecule has 4 heterocycles. The molecule has 1 aliphatic heterocycles. The molecule has 64 heavy (non-hydrogen) atoms. The number of allylic oxidation sites excluding steroid dienone is 2. The number of fused-ring (bicyclic) bond motifs is 9. The molecule has 2 unspecified atom stereocenters. The molecule has 0 bridgehead atoms. The van der Waals surface area contributed by atoms with Gasteiger partial charge in [0, 0.05) is 60.7 Å². The number of aromatic nitrogens is 3. The second-order valence-electron chi connectivity index (χ2n) is 17.1. The van der Waals surface area contributed by atoms with Gasteiger partial charge in [-0.15, -0.1) is 0 Å². The van der Waals surface area contributed by atoms with Crippen molar-refractivity contribution in [3.63, 3.8) is 0 Å². The van der Waals surface area contributed by atoms with E-state index in [4.69, 9.17) is 14.4 Å². The highest BCUT2D eigenvalue weighted by Crippen LogP contribution is 2.57. The zero-order valence-electron chi connectivity index (χ0n) is 35.1. The Labute approximate surface area is 370 Å². The van der Waals surface area contributed by atoms with Crippen LogP contribution in [0.4, 0.5) is 11.4 Å². The summed E-state index contributed by atoms with van der Waals surface area (Å²) in [5.74, 6) is 0.712. The Bertz CT molecular complexity index is 3640. The van der Waals surface area contributed by atoms with Crippen LogP contribution in [0.3, 0.4) is 0 Å². The molecule has 0 amide bonds. The number of furan rings is 1. The van der Waals surface area contributed by atoms with E-state index in [1.54, 1.807) is 0 Å². The molecule has 13 rings (SSSR count). The zero-order chi connectivity index (χ0) is 42.4. The normalized spacial score (nSPS) is 16.7. The van der Waals surface area contributed by atoms with Gasteiger partial charge in [-0.3, -0.25) is 0 Å². The second-order valence-corrected chi connectivity index (χ2v) is 17.1. The van der Waals surface area contributed by atoms with Crippen molar-refractivity contribution in [1.82, 2.24) is 14.5 Å². The van der Waals surface area contributed by atoms with E-state index in [-0.39, 0.29) is 11.5 Å². The smallest absolute Gasteiger partial charge is 0.160 e. The number of nitrogens with zero attached hydrogens (tertiary/aromatic N) is 4. The molecule has 1 aliphatic carbocycles. The Morgan fingerprint density at radius 2 is 1.11 bits per heavy atom. The summed E-state index contributed by atoms with van der Waals surface area (Å²) in [4.78, 5) is 12.7. The van der Waals surface area contributed by atoms with Crippen molar-refractivity contribution in [1.29, 1.82) is 0 Å². The fourth-order valence-corrected chi connectivity index (χ4v) is 10.5. The van der Waals surface area contributed by atoms with E-state index >= 15 is 0 Å². The molecule has 0 fully saturated rings. The van der Waals surface area contributed by atoms with Crippen molar-refractivity contribution >= 4 is 60.7 Å². The van der Waals surface area contributed by atoms with E-state index in [9.17, 15) is 0 Å². The molecule has 2 atom stereocenters. The number of hydrogen-bond acceptors (Lipinski definition) is 4. The van der Waals surface area contributed by atoms with Crippen LogP contribution in [0.25, 0.3) is 88.9 Å². The molecule has 5 nitrogen and oxygen atoms in total. The molecule has 0 saturated heterocycles. The first-order valence-electron chi connectivity index (χ1n) is 21.9. The predicted octanol–water partition coefficient (Wildman–Crippen LogP) is 14.9. The molecule has 0 spiro atoms. The van der Waals surface area contributed by atoms with Crippen LogP contribution in [0.1, 0.15) is 18.1 Å². The van der Waals surface area contributed by atoms with Crippen molar-refractivity contribution in [2.75, 3.05) is 4.90 Å². The van der Waals surface area contributed by atoms with Crippen LogP contribution in [0, 0.1) is 0 Å². The third kappa shape index (κ3) is 5.50. The Morgan fingerprint density at radius 3 is 1.92 bits per heavy atom. The van der Waals surface area contributed by atoms with Gasteiger partial charge in [-0.2, -0.15) is 0 Å². The molecule has 0 N–H and O–H groups in total. The maximum atomic E-state index is 6.22. The first-order chi connectivity index (χ1) is 31.6. The van der Waals surface area contributed by atoms with E-state index in [0.717, 1.165) is 61.4 Å². The highest BCUT2D eigenvalue weighted by atomic mass is 16.3. The molecule has 5 heteroatoms. The van der Waals surface area contributed by atoms with Crippen molar-refractivity contribution in [2.24, 2.45) is 0 Å². The van der Waals surface area contributed by atoms with Crippen LogP contribution < -0.4 is 4.90 Å². The molecule has 11 aromatic rings. The lowest BCUT2D eigenvalue weighted by Gasteiger charge is -2.39. The van der Waals surface area contributed by atoms with E-state index in [2.05, 4.69) is 198 Å². The van der Waals surface area contributed by atoms with Gasteiger partial charge in [0.25, 0.3) is 0 Å². The number of hydrogen-bond donors (Lipinski definition) is 0. The van der Waals surface area contributed by atoms with Gasteiger partial charge in [0.1, 0.15) is 11.2 Å². The molecular formula is C59H40N4O. The van der Waals surface area contributed by atoms with Crippen LogP contribution >= 0.6 is 0 Å². The van der Waals surface area contributed by atoms with Crippen LogP contribution in [0.2, 0.25) is 0 Å². The Kier molecular flexibility index (Phi) is 8.03. The third-order valence-corrected chi connectivity index (χ3v) is 13.6. The summed E-state index contributed by atoms with van der Waals surface area (Å²) in [5.41, 5.74) is 16.0. The summed E-state index contributed by atoms with van der Waals surface area (Å²) in [6.07, 6.45) is 6.96. The molecule has 2 aliphatic rings. The van der Waals surface area contributed by atoms with Crippen LogP contribution in [-0.4, -0.2) is 20.6 Å². The largest absolute Gasteiger partial charge is 0.456 e. The van der Waals surface area contributed by atoms with Crippen LogP contribution in [-0.2, 0) is 5.41 Å². The zero-order valence-corrected chi connectivity index (χ0v) is 35.1. The van der Waals surface area contributed by atoms with E-state index < -0.39 is 0 Å². The van der Waals surface area contributed by atoms with Crippen LogP contribution in [0.5, 0.6) is 0 Å². The average molecular weight is 821 g/mol. The van der Waals surface area contributed by atoms with E-state index in [1.165, 1.54) is 44.2 Å². The maximum Gasteiger partial charge on any atom is 0.160 e. The van der Waals surface area contributed by atoms with Crippen molar-refractivity contribution in [3.05, 3.63) is 230 Å². The van der Waals surface area contributed by atoms with Gasteiger partial charge in [-0.05, 0) is 90.4 Å². The molecule has 0 saturated carbocycles. The SMILES string of the molecule is CC12C(c3ccc4c(c3)c3ccccc3n4-c3ccc4oc5ccccc5c4c3)=CC=CC1N(c1ccc(-c3cc(-c4ccccc4)nc(-c4ccccc4)n3)cc1)c1ccccc12. The van der Waals surface area contributed by atoms with Gasteiger partial charge < -0.3 is 13.9 Å². The first kappa shape index (κ1) is 36.4. The summed E-state index contributed by atoms with van der Waals surface area (Å²) >= 11 is 0. The summed E-state index contributed by atoms with van der Waals surface area (Å²) in [6.45, 7) is 2.43. The quantitative estimate of drug-likeness (QED) is 0.168. The van der Waals surface area contributed by atoms with Crippen molar-refractivity contribution in [3.8, 4) is 39.6 Å². The molecule has 0 radical (unpaired) electrons. The summed E-state index contributed by atoms with van der Waals surface area (Å²) < 4.78 is 8.62. The van der Waals surface area contributed by atoms with Gasteiger partial charge in [0.15, 0.2) is 5.82 Å². The summed E-state index contributed by atoms with van der Waals surface area (Å²) in [6, 6.07) is 71.3. The van der Waals surface area contributed by atoms with Crippen molar-refractivity contribution in [2.45, 2.75) is 18.4 Å². The highest BCUT2D eigenvalue weighted by molar-refractivity contribution is 6.11. The lowest BCUT2D eigenvalue weighted by molar-refractivity contribution is 0.569. The summed E-state index contributed by atoms with van der Waals surface area (Å²) in [5, 5.41) is 4.71. The minimum absolute atomic E-state index is 0.0534. The Morgan fingerprint density at radius 1 is 0.484 bits per heavy atom. The van der Waals surface area contributed by atoms with Gasteiger partial charge in [-0.25, -0.2) is 9.97 Å². The first-order valence-corrected chi connectivity index (χ1v) is 21.9. The average Bonchev–Trinajstić information content (AvgIpc) is 3.99. The van der Waals surface area contributed by atoms with Gasteiger partial charge >= 0.3 is 0 Å². The second kappa shape index (κ2) is 14.1. The fourth-order valence-electron chi connectivity index (χ4n) is 10.5. The standard InChI is InChI=1S/C59H40N4O/c1-59-48(41-29-33-53-46(35-41)44-19-8-11-23-52(44)62(53)43-32-34-56-47(36-43)45-20-9-13-25-55(45)64-56)22-14-26-57(59)63(54-24-12-10-21-49(54)59)42-30-27-39(28-31-42)51-37-50(38-15-4-2-5-16-38)60-58(61-51)40-17-6-3-7-18-40/h2-37,57H,1H3. The Balaban J connectivity index is 0.889. The van der Waals surface area contributed by atoms with E-state index in [0.29, 0.717) is 5.82 Å². The molecular weight excluding hydrogens is 781 g/mol. The lowest BCUT2D eigenvalue weighted by Crippen LogP contribution is -2.41. The van der Waals surface area contributed by atoms with Crippen molar-refractivity contribution < 1.29 is 4.42 Å². The molecule has 302 valence electrons. The number of anilines is 2. The monoisotopic (exact) mass is 820 g/mol. The highest BCUT2D eigenvalue weighted by Gasteiger charge is 2.50. The molecule has 3 aromatic heterocycles. The van der Waals surface area contributed by atoms with E-state index in [1.807, 2.05) is 36.4 Å². The predicted molar refractivity (Wildman–Crippen MR) is 263 cm³/mol. The summed E-state index contributed by atoms with van der Waals surface area (Å²) in [7, 11) is 0. The van der Waals surface area contributed by atoms with Crippen LogP contribution in [0.15, 0.2) is 223 Å². The third-order valence-electron chi connectivity index (χ3n) is 13.6. The maximum absolute atomic E-state index is 6.22. The molecule has 8 aromatic carbocycles. The number of rotatable bonds is 6. The van der Waals surface area contributed by atoms with Gasteiger partial charge in [0.2, 0.25) is 0 Å². The lowest BCUT2D eigenvalue weighted by atomic mass is 9.68. The fraction of sp³-hybridized carbons (Fsp3) is 0.0508. The number of benzene rings is 8. The van der Waals surface area contributed by atoms with Gasteiger partial charge in [-0.1, -0.05) is 152 Å². The Hall–Kier alpha value is -8.28.